The van der Waals surface area contributed by atoms with Crippen molar-refractivity contribution in [1.82, 2.24) is 10.2 Å². The zero-order valence-electron chi connectivity index (χ0n) is 8.84. The van der Waals surface area contributed by atoms with E-state index in [4.69, 9.17) is 23.2 Å². The van der Waals surface area contributed by atoms with E-state index in [-0.39, 0.29) is 11.9 Å². The molecule has 0 spiro atoms. The van der Waals surface area contributed by atoms with Gasteiger partial charge in [0.25, 0.3) is 0 Å². The molecule has 0 radical (unpaired) electrons. The van der Waals surface area contributed by atoms with Crippen LogP contribution < -0.4 is 5.32 Å². The minimum absolute atomic E-state index is 0.0599. The Bertz CT molecular complexity index is 422. The Hall–Kier alpha value is -0.770. The van der Waals surface area contributed by atoms with Crippen LogP contribution in [0.25, 0.3) is 0 Å². The lowest BCUT2D eigenvalue weighted by atomic mass is 10.0. The second kappa shape index (κ2) is 4.62. The molecular weight excluding hydrogens is 247 g/mol. The molecule has 86 valence electrons. The van der Waals surface area contributed by atoms with Crippen molar-refractivity contribution in [2.75, 3.05) is 20.1 Å². The molecule has 1 aliphatic heterocycles. The normalized spacial score (nSPS) is 21.3. The summed E-state index contributed by atoms with van der Waals surface area (Å²) in [5.41, 5.74) is 0.853. The molecule has 5 heteroatoms. The second-order valence-electron chi connectivity index (χ2n) is 3.82. The minimum atomic E-state index is -0.312. The number of carbonyl (C=O) groups is 1. The molecule has 1 amide bonds. The highest BCUT2D eigenvalue weighted by Gasteiger charge is 2.27. The molecule has 0 aliphatic carbocycles. The van der Waals surface area contributed by atoms with Crippen molar-refractivity contribution in [3.8, 4) is 0 Å². The molecule has 1 saturated heterocycles. The Morgan fingerprint density at radius 3 is 2.81 bits per heavy atom. The highest BCUT2D eigenvalue weighted by Crippen LogP contribution is 2.27. The Balaban J connectivity index is 2.29. The Morgan fingerprint density at radius 1 is 1.38 bits per heavy atom. The molecule has 1 N–H and O–H groups in total. The Labute approximate surface area is 104 Å². The molecule has 0 bridgehead atoms. The van der Waals surface area contributed by atoms with E-state index in [2.05, 4.69) is 5.32 Å². The number of hydrogen-bond acceptors (Lipinski definition) is 2. The van der Waals surface area contributed by atoms with E-state index in [9.17, 15) is 4.79 Å². The van der Waals surface area contributed by atoms with Gasteiger partial charge in [-0.05, 0) is 17.7 Å². The van der Waals surface area contributed by atoms with Gasteiger partial charge in [0.05, 0.1) is 10.0 Å². The van der Waals surface area contributed by atoms with Gasteiger partial charge >= 0.3 is 0 Å². The largest absolute Gasteiger partial charge is 0.343 e. The summed E-state index contributed by atoms with van der Waals surface area (Å²) in [7, 11) is 1.80. The van der Waals surface area contributed by atoms with E-state index in [1.807, 2.05) is 6.07 Å². The summed E-state index contributed by atoms with van der Waals surface area (Å²) in [6.07, 6.45) is 0. The summed E-state index contributed by atoms with van der Waals surface area (Å²) in [5.74, 6) is 0.0599. The predicted molar refractivity (Wildman–Crippen MR) is 64.8 cm³/mol. The van der Waals surface area contributed by atoms with Gasteiger partial charge in [-0.2, -0.15) is 0 Å². The number of hydrogen-bond donors (Lipinski definition) is 1. The van der Waals surface area contributed by atoms with E-state index in [1.165, 1.54) is 0 Å². The molecule has 0 saturated carbocycles. The first-order valence-corrected chi connectivity index (χ1v) is 5.78. The van der Waals surface area contributed by atoms with Gasteiger partial charge < -0.3 is 10.2 Å². The quantitative estimate of drug-likeness (QED) is 0.837. The fourth-order valence-corrected chi connectivity index (χ4v) is 2.05. The van der Waals surface area contributed by atoms with Crippen LogP contribution in [-0.2, 0) is 4.79 Å². The van der Waals surface area contributed by atoms with Crippen LogP contribution in [0, 0.1) is 0 Å². The molecule has 1 aromatic rings. The maximum Gasteiger partial charge on any atom is 0.244 e. The number of carbonyl (C=O) groups excluding carboxylic acids is 1. The first-order valence-electron chi connectivity index (χ1n) is 5.03. The standard InChI is InChI=1S/C11H12Cl2N2O/c1-15-5-4-14-10(11(15)16)7-2-3-8(12)9(13)6-7/h2-3,6,10,14H,4-5H2,1H3. The Morgan fingerprint density at radius 2 is 2.12 bits per heavy atom. The average Bonchev–Trinajstić information content (AvgIpc) is 2.26. The van der Waals surface area contributed by atoms with Crippen molar-refractivity contribution in [3.63, 3.8) is 0 Å². The monoisotopic (exact) mass is 258 g/mol. The van der Waals surface area contributed by atoms with Crippen molar-refractivity contribution in [1.29, 1.82) is 0 Å². The lowest BCUT2D eigenvalue weighted by molar-refractivity contribution is -0.134. The minimum Gasteiger partial charge on any atom is -0.343 e. The lowest BCUT2D eigenvalue weighted by Crippen LogP contribution is -2.48. The van der Waals surface area contributed by atoms with Gasteiger partial charge in [0, 0.05) is 20.1 Å². The molecule has 1 atom stereocenters. The maximum absolute atomic E-state index is 11.9. The number of nitrogens with zero attached hydrogens (tertiary/aromatic N) is 1. The van der Waals surface area contributed by atoms with Gasteiger partial charge in [-0.3, -0.25) is 4.79 Å². The van der Waals surface area contributed by atoms with Crippen LogP contribution in [0.3, 0.4) is 0 Å². The number of piperazine rings is 1. The fraction of sp³-hybridized carbons (Fsp3) is 0.364. The van der Waals surface area contributed by atoms with Gasteiger partial charge in [0.2, 0.25) is 5.91 Å². The van der Waals surface area contributed by atoms with E-state index >= 15 is 0 Å². The molecule has 1 unspecified atom stereocenters. The molecule has 0 aromatic heterocycles. The van der Waals surface area contributed by atoms with Crippen LogP contribution in [0.5, 0.6) is 0 Å². The highest BCUT2D eigenvalue weighted by molar-refractivity contribution is 6.42. The van der Waals surface area contributed by atoms with Crippen LogP contribution in [0.1, 0.15) is 11.6 Å². The number of benzene rings is 1. The van der Waals surface area contributed by atoms with Gasteiger partial charge in [-0.1, -0.05) is 29.3 Å². The zero-order valence-corrected chi connectivity index (χ0v) is 10.3. The molecule has 1 aromatic carbocycles. The summed E-state index contributed by atoms with van der Waals surface area (Å²) in [5, 5.41) is 4.15. The predicted octanol–water partition coefficient (Wildman–Crippen LogP) is 2.10. The zero-order chi connectivity index (χ0) is 11.7. The van der Waals surface area contributed by atoms with Crippen molar-refractivity contribution >= 4 is 29.1 Å². The summed E-state index contributed by atoms with van der Waals surface area (Å²) < 4.78 is 0. The van der Waals surface area contributed by atoms with E-state index in [1.54, 1.807) is 24.1 Å². The molecule has 1 aliphatic rings. The fourth-order valence-electron chi connectivity index (χ4n) is 1.75. The number of nitrogens with one attached hydrogen (secondary N) is 1. The summed E-state index contributed by atoms with van der Waals surface area (Å²) in [6, 6.07) is 4.96. The molecule has 16 heavy (non-hydrogen) atoms. The van der Waals surface area contributed by atoms with Crippen LogP contribution >= 0.6 is 23.2 Å². The summed E-state index contributed by atoms with van der Waals surface area (Å²) in [6.45, 7) is 1.52. The van der Waals surface area contributed by atoms with Gasteiger partial charge in [0.1, 0.15) is 6.04 Å². The van der Waals surface area contributed by atoms with Gasteiger partial charge in [0.15, 0.2) is 0 Å². The SMILES string of the molecule is CN1CCNC(c2ccc(Cl)c(Cl)c2)C1=O. The smallest absolute Gasteiger partial charge is 0.244 e. The molecule has 3 nitrogen and oxygen atoms in total. The average molecular weight is 259 g/mol. The number of halogens is 2. The summed E-state index contributed by atoms with van der Waals surface area (Å²) >= 11 is 11.8. The Kier molecular flexibility index (Phi) is 3.38. The first-order chi connectivity index (χ1) is 7.59. The molecule has 1 fully saturated rings. The van der Waals surface area contributed by atoms with Crippen LogP contribution in [0.2, 0.25) is 10.0 Å². The van der Waals surface area contributed by atoms with E-state index in [0.717, 1.165) is 18.7 Å². The maximum atomic E-state index is 11.9. The van der Waals surface area contributed by atoms with E-state index < -0.39 is 0 Å². The van der Waals surface area contributed by atoms with Crippen molar-refractivity contribution in [2.24, 2.45) is 0 Å². The van der Waals surface area contributed by atoms with Gasteiger partial charge in [-0.25, -0.2) is 0 Å². The number of rotatable bonds is 1. The van der Waals surface area contributed by atoms with Crippen LogP contribution in [-0.4, -0.2) is 30.9 Å². The lowest BCUT2D eigenvalue weighted by Gasteiger charge is -2.30. The van der Waals surface area contributed by atoms with E-state index in [0.29, 0.717) is 10.0 Å². The molecule has 1 heterocycles. The van der Waals surface area contributed by atoms with Crippen LogP contribution in [0.15, 0.2) is 18.2 Å². The number of likely N-dealkylation sites (N-methyl/N-ethyl adjacent to an activating group) is 1. The third-order valence-electron chi connectivity index (χ3n) is 2.70. The second-order valence-corrected chi connectivity index (χ2v) is 4.63. The topological polar surface area (TPSA) is 32.3 Å². The molecule has 2 rings (SSSR count). The summed E-state index contributed by atoms with van der Waals surface area (Å²) in [4.78, 5) is 13.6. The third-order valence-corrected chi connectivity index (χ3v) is 3.43. The van der Waals surface area contributed by atoms with Crippen molar-refractivity contribution in [3.05, 3.63) is 33.8 Å². The third kappa shape index (κ3) is 2.17. The highest BCUT2D eigenvalue weighted by atomic mass is 35.5. The van der Waals surface area contributed by atoms with Crippen molar-refractivity contribution < 1.29 is 4.79 Å². The van der Waals surface area contributed by atoms with Gasteiger partial charge in [-0.15, -0.1) is 0 Å². The molecular formula is C11H12Cl2N2O. The van der Waals surface area contributed by atoms with Crippen molar-refractivity contribution in [2.45, 2.75) is 6.04 Å². The first kappa shape index (κ1) is 11.7. The van der Waals surface area contributed by atoms with Crippen LogP contribution in [0.4, 0.5) is 0 Å². The number of amides is 1.